The summed E-state index contributed by atoms with van der Waals surface area (Å²) in [4.78, 5) is 26.6. The van der Waals surface area contributed by atoms with Crippen molar-refractivity contribution in [3.63, 3.8) is 0 Å². The zero-order valence-electron chi connectivity index (χ0n) is 12.1. The summed E-state index contributed by atoms with van der Waals surface area (Å²) in [7, 11) is 0. The van der Waals surface area contributed by atoms with E-state index in [9.17, 15) is 9.59 Å². The first-order valence-corrected chi connectivity index (χ1v) is 6.77. The predicted molar refractivity (Wildman–Crippen MR) is 71.0 cm³/mol. The van der Waals surface area contributed by atoms with E-state index in [0.717, 1.165) is 0 Å². The van der Waals surface area contributed by atoms with E-state index >= 15 is 0 Å². The van der Waals surface area contributed by atoms with Crippen molar-refractivity contribution in [2.75, 3.05) is 26.2 Å². The van der Waals surface area contributed by atoms with Gasteiger partial charge in [-0.3, -0.25) is 4.79 Å². The zero-order valence-corrected chi connectivity index (χ0v) is 12.1. The monoisotopic (exact) mass is 272 g/mol. The van der Waals surface area contributed by atoms with Crippen LogP contribution in [0.1, 0.15) is 27.7 Å². The van der Waals surface area contributed by atoms with Gasteiger partial charge in [0.2, 0.25) is 0 Å². The molecule has 0 saturated carbocycles. The number of carbonyl (C=O) groups excluding carboxylic acids is 1. The van der Waals surface area contributed by atoms with Gasteiger partial charge in [0.15, 0.2) is 0 Å². The summed E-state index contributed by atoms with van der Waals surface area (Å²) in [5.41, 5.74) is 0. The fourth-order valence-electron chi connectivity index (χ4n) is 2.29. The Kier molecular flexibility index (Phi) is 5.60. The first-order valence-electron chi connectivity index (χ1n) is 6.77. The normalized spacial score (nSPS) is 24.9. The van der Waals surface area contributed by atoms with Crippen LogP contribution in [0.3, 0.4) is 0 Å². The predicted octanol–water partition coefficient (Wildman–Crippen LogP) is 1.26. The second-order valence-electron chi connectivity index (χ2n) is 5.22. The van der Waals surface area contributed by atoms with Gasteiger partial charge >= 0.3 is 12.0 Å². The van der Waals surface area contributed by atoms with Crippen LogP contribution in [0, 0.1) is 5.92 Å². The number of hydrogen-bond donors (Lipinski definition) is 1. The average molecular weight is 272 g/mol. The number of amides is 2. The standard InChI is InChI=1S/C13H24N2O4/c1-5-14(6-9(2)12(16)17)13(18)15-7-10(3)19-11(4)8-15/h9-11H,5-8H2,1-4H3,(H,16,17). The first kappa shape index (κ1) is 15.8. The minimum absolute atomic E-state index is 0.0169. The Hall–Kier alpha value is -1.30. The number of carboxylic acid groups (broad SMARTS) is 1. The maximum absolute atomic E-state index is 12.4. The molecule has 0 aliphatic carbocycles. The van der Waals surface area contributed by atoms with Crippen molar-refractivity contribution in [1.82, 2.24) is 9.80 Å². The number of rotatable bonds is 4. The maximum Gasteiger partial charge on any atom is 0.320 e. The Bertz CT molecular complexity index is 325. The summed E-state index contributed by atoms with van der Waals surface area (Å²) in [6.45, 7) is 9.21. The molecular weight excluding hydrogens is 248 g/mol. The van der Waals surface area contributed by atoms with Crippen molar-refractivity contribution >= 4 is 12.0 Å². The van der Waals surface area contributed by atoms with Crippen LogP contribution in [0.25, 0.3) is 0 Å². The van der Waals surface area contributed by atoms with Crippen LogP contribution in [0.4, 0.5) is 4.79 Å². The number of morpholine rings is 1. The fraction of sp³-hybridized carbons (Fsp3) is 0.846. The highest BCUT2D eigenvalue weighted by Gasteiger charge is 2.29. The molecule has 0 aromatic carbocycles. The maximum atomic E-state index is 12.4. The lowest BCUT2D eigenvalue weighted by molar-refractivity contribution is -0.141. The van der Waals surface area contributed by atoms with Gasteiger partial charge in [0, 0.05) is 26.2 Å². The summed E-state index contributed by atoms with van der Waals surface area (Å²) in [6, 6.07) is -0.0994. The smallest absolute Gasteiger partial charge is 0.320 e. The molecule has 6 nitrogen and oxygen atoms in total. The summed E-state index contributed by atoms with van der Waals surface area (Å²) < 4.78 is 5.59. The minimum atomic E-state index is -0.880. The van der Waals surface area contributed by atoms with E-state index in [4.69, 9.17) is 9.84 Å². The Morgan fingerprint density at radius 2 is 1.89 bits per heavy atom. The zero-order chi connectivity index (χ0) is 14.6. The summed E-state index contributed by atoms with van der Waals surface area (Å²) in [5, 5.41) is 8.93. The molecule has 6 heteroatoms. The molecule has 19 heavy (non-hydrogen) atoms. The van der Waals surface area contributed by atoms with Crippen molar-refractivity contribution in [3.8, 4) is 0 Å². The van der Waals surface area contributed by atoms with Gasteiger partial charge in [-0.15, -0.1) is 0 Å². The van der Waals surface area contributed by atoms with Gasteiger partial charge in [0.05, 0.1) is 18.1 Å². The number of carbonyl (C=O) groups is 2. The molecule has 1 fully saturated rings. The topological polar surface area (TPSA) is 70.1 Å². The van der Waals surface area contributed by atoms with Gasteiger partial charge in [0.1, 0.15) is 0 Å². The highest BCUT2D eigenvalue weighted by atomic mass is 16.5. The SMILES string of the molecule is CCN(CC(C)C(=O)O)C(=O)N1CC(C)OC(C)C1. The Morgan fingerprint density at radius 1 is 1.37 bits per heavy atom. The quantitative estimate of drug-likeness (QED) is 0.836. The lowest BCUT2D eigenvalue weighted by Gasteiger charge is -2.38. The van der Waals surface area contributed by atoms with Gasteiger partial charge in [0.25, 0.3) is 0 Å². The van der Waals surface area contributed by atoms with Crippen molar-refractivity contribution < 1.29 is 19.4 Å². The lowest BCUT2D eigenvalue weighted by Crippen LogP contribution is -2.53. The molecule has 1 aliphatic heterocycles. The van der Waals surface area contributed by atoms with Gasteiger partial charge in [-0.25, -0.2) is 4.79 Å². The van der Waals surface area contributed by atoms with Crippen molar-refractivity contribution in [3.05, 3.63) is 0 Å². The molecule has 0 aromatic rings. The molecular formula is C13H24N2O4. The van der Waals surface area contributed by atoms with Crippen LogP contribution in [-0.2, 0) is 9.53 Å². The third-order valence-corrected chi connectivity index (χ3v) is 3.26. The molecule has 1 N–H and O–H groups in total. The van der Waals surface area contributed by atoms with Crippen LogP contribution in [0.15, 0.2) is 0 Å². The largest absolute Gasteiger partial charge is 0.481 e. The number of carboxylic acids is 1. The first-order chi connectivity index (χ1) is 8.85. The Morgan fingerprint density at radius 3 is 2.32 bits per heavy atom. The number of hydrogen-bond acceptors (Lipinski definition) is 3. The summed E-state index contributed by atoms with van der Waals surface area (Å²) in [6.07, 6.45) is 0.0339. The van der Waals surface area contributed by atoms with E-state index in [1.807, 2.05) is 20.8 Å². The molecule has 0 aromatic heterocycles. The van der Waals surface area contributed by atoms with E-state index in [0.29, 0.717) is 19.6 Å². The van der Waals surface area contributed by atoms with E-state index < -0.39 is 11.9 Å². The van der Waals surface area contributed by atoms with Crippen LogP contribution in [-0.4, -0.2) is 65.3 Å². The molecule has 3 unspecified atom stereocenters. The van der Waals surface area contributed by atoms with Crippen LogP contribution >= 0.6 is 0 Å². The van der Waals surface area contributed by atoms with E-state index in [2.05, 4.69) is 0 Å². The van der Waals surface area contributed by atoms with Crippen molar-refractivity contribution in [1.29, 1.82) is 0 Å². The van der Waals surface area contributed by atoms with Crippen LogP contribution < -0.4 is 0 Å². The number of ether oxygens (including phenoxy) is 1. The second kappa shape index (κ2) is 6.75. The van der Waals surface area contributed by atoms with Gasteiger partial charge < -0.3 is 19.6 Å². The number of urea groups is 1. The van der Waals surface area contributed by atoms with Crippen LogP contribution in [0.2, 0.25) is 0 Å². The van der Waals surface area contributed by atoms with E-state index in [-0.39, 0.29) is 24.8 Å². The van der Waals surface area contributed by atoms with Crippen molar-refractivity contribution in [2.24, 2.45) is 5.92 Å². The summed E-state index contributed by atoms with van der Waals surface area (Å²) >= 11 is 0. The molecule has 3 atom stereocenters. The minimum Gasteiger partial charge on any atom is -0.481 e. The molecule has 1 aliphatic rings. The molecule has 2 amide bonds. The Labute approximate surface area is 114 Å². The molecule has 1 heterocycles. The highest BCUT2D eigenvalue weighted by Crippen LogP contribution is 2.13. The molecule has 1 rings (SSSR count). The molecule has 110 valence electrons. The van der Waals surface area contributed by atoms with E-state index in [1.165, 1.54) is 0 Å². The van der Waals surface area contributed by atoms with Crippen molar-refractivity contribution in [2.45, 2.75) is 39.9 Å². The molecule has 0 spiro atoms. The Balaban J connectivity index is 2.64. The highest BCUT2D eigenvalue weighted by molar-refractivity contribution is 5.76. The van der Waals surface area contributed by atoms with Crippen LogP contribution in [0.5, 0.6) is 0 Å². The average Bonchev–Trinajstić information content (AvgIpc) is 2.33. The number of aliphatic carboxylic acids is 1. The lowest BCUT2D eigenvalue weighted by atomic mass is 10.1. The summed E-state index contributed by atoms with van der Waals surface area (Å²) in [5.74, 6) is -1.44. The third kappa shape index (κ3) is 4.38. The second-order valence-corrected chi connectivity index (χ2v) is 5.22. The van der Waals surface area contributed by atoms with Gasteiger partial charge in [-0.1, -0.05) is 6.92 Å². The molecule has 1 saturated heterocycles. The third-order valence-electron chi connectivity index (χ3n) is 3.26. The fourth-order valence-corrected chi connectivity index (χ4v) is 2.29. The van der Waals surface area contributed by atoms with E-state index in [1.54, 1.807) is 16.7 Å². The number of nitrogens with zero attached hydrogens (tertiary/aromatic N) is 2. The van der Waals surface area contributed by atoms with Gasteiger partial charge in [-0.05, 0) is 20.8 Å². The van der Waals surface area contributed by atoms with Gasteiger partial charge in [-0.2, -0.15) is 0 Å². The molecule has 0 bridgehead atoms. The molecule has 0 radical (unpaired) electrons.